The fraction of sp³-hybridized carbons (Fsp3) is 0.462. The predicted octanol–water partition coefficient (Wildman–Crippen LogP) is 5.31. The van der Waals surface area contributed by atoms with Gasteiger partial charge in [0.05, 0.1) is 0 Å². The predicted molar refractivity (Wildman–Crippen MR) is 131 cm³/mol. The molecular weight excluding hydrogens is 468 g/mol. The van der Waals surface area contributed by atoms with E-state index in [1.54, 1.807) is 11.8 Å². The number of benzene rings is 2. The first-order valence-electron chi connectivity index (χ1n) is 11.4. The molecule has 2 amide bonds. The minimum Gasteiger partial charge on any atom is -0.483 e. The van der Waals surface area contributed by atoms with Gasteiger partial charge in [-0.1, -0.05) is 65.0 Å². The van der Waals surface area contributed by atoms with Crippen molar-refractivity contribution in [3.05, 3.63) is 63.6 Å². The summed E-state index contributed by atoms with van der Waals surface area (Å²) in [4.78, 5) is 27.9. The monoisotopic (exact) mass is 500 g/mol. The molecular formula is C26H33BrN2O3. The van der Waals surface area contributed by atoms with Crippen LogP contribution in [0, 0.1) is 13.8 Å². The molecule has 2 aromatic rings. The molecule has 5 nitrogen and oxygen atoms in total. The summed E-state index contributed by atoms with van der Waals surface area (Å²) < 4.78 is 6.78. The van der Waals surface area contributed by atoms with Gasteiger partial charge in [0.15, 0.2) is 6.61 Å². The SMILES string of the molecule is Cc1ccc(OCC(=O)N(Cc2cccc(Br)c2)C(C)C(=O)NC2CCCCC2)c(C)c1. The molecule has 0 radical (unpaired) electrons. The summed E-state index contributed by atoms with van der Waals surface area (Å²) in [6.45, 7) is 6.01. The maximum Gasteiger partial charge on any atom is 0.261 e. The van der Waals surface area contributed by atoms with Crippen molar-refractivity contribution in [2.45, 2.75) is 71.5 Å². The molecule has 2 aromatic carbocycles. The fourth-order valence-electron chi connectivity index (χ4n) is 4.17. The highest BCUT2D eigenvalue weighted by atomic mass is 79.9. The molecule has 1 atom stereocenters. The summed E-state index contributed by atoms with van der Waals surface area (Å²) in [7, 11) is 0. The van der Waals surface area contributed by atoms with E-state index in [0.717, 1.165) is 46.8 Å². The van der Waals surface area contributed by atoms with Crippen molar-refractivity contribution in [2.24, 2.45) is 0 Å². The van der Waals surface area contributed by atoms with Crippen molar-refractivity contribution in [3.8, 4) is 5.75 Å². The van der Waals surface area contributed by atoms with Gasteiger partial charge in [-0.05, 0) is 62.9 Å². The number of hydrogen-bond acceptors (Lipinski definition) is 3. The number of aryl methyl sites for hydroxylation is 2. The lowest BCUT2D eigenvalue weighted by Gasteiger charge is -2.31. The number of nitrogens with one attached hydrogen (secondary N) is 1. The Morgan fingerprint density at radius 2 is 1.88 bits per heavy atom. The van der Waals surface area contributed by atoms with Crippen LogP contribution in [0.15, 0.2) is 46.9 Å². The standard InChI is InChI=1S/C26H33BrN2O3/c1-18-12-13-24(19(2)14-18)32-17-25(30)29(16-21-8-7-9-22(27)15-21)20(3)26(31)28-23-10-5-4-6-11-23/h7-9,12-15,20,23H,4-6,10-11,16-17H2,1-3H3,(H,28,31). The van der Waals surface area contributed by atoms with Crippen LogP contribution in [0.25, 0.3) is 0 Å². The van der Waals surface area contributed by atoms with Crippen molar-refractivity contribution in [1.29, 1.82) is 0 Å². The number of nitrogens with zero attached hydrogens (tertiary/aromatic N) is 1. The van der Waals surface area contributed by atoms with Crippen LogP contribution >= 0.6 is 15.9 Å². The number of ether oxygens (including phenoxy) is 1. The van der Waals surface area contributed by atoms with Gasteiger partial charge in [-0.25, -0.2) is 0 Å². The molecule has 0 heterocycles. The van der Waals surface area contributed by atoms with Gasteiger partial charge in [-0.3, -0.25) is 9.59 Å². The smallest absolute Gasteiger partial charge is 0.261 e. The fourth-order valence-corrected chi connectivity index (χ4v) is 4.61. The van der Waals surface area contributed by atoms with E-state index in [9.17, 15) is 9.59 Å². The molecule has 3 rings (SSSR count). The molecule has 6 heteroatoms. The maximum absolute atomic E-state index is 13.2. The first-order valence-corrected chi connectivity index (χ1v) is 12.2. The van der Waals surface area contributed by atoms with Crippen LogP contribution < -0.4 is 10.1 Å². The van der Waals surface area contributed by atoms with E-state index in [2.05, 4.69) is 21.2 Å². The lowest BCUT2D eigenvalue weighted by Crippen LogP contribution is -2.51. The third kappa shape index (κ3) is 6.83. The highest BCUT2D eigenvalue weighted by Gasteiger charge is 2.28. The zero-order valence-corrected chi connectivity index (χ0v) is 20.8. The Bertz CT molecular complexity index is 940. The first-order chi connectivity index (χ1) is 15.3. The minimum atomic E-state index is -0.592. The van der Waals surface area contributed by atoms with Gasteiger partial charge < -0.3 is 15.0 Å². The topological polar surface area (TPSA) is 58.6 Å². The summed E-state index contributed by atoms with van der Waals surface area (Å²) in [6, 6.07) is 13.3. The normalized spacial score (nSPS) is 15.1. The van der Waals surface area contributed by atoms with E-state index >= 15 is 0 Å². The van der Waals surface area contributed by atoms with Crippen molar-refractivity contribution in [2.75, 3.05) is 6.61 Å². The largest absolute Gasteiger partial charge is 0.483 e. The first kappa shape index (κ1) is 24.3. The number of carbonyl (C=O) groups excluding carboxylic acids is 2. The van der Waals surface area contributed by atoms with Crippen LogP contribution in [0.3, 0.4) is 0 Å². The molecule has 0 bridgehead atoms. The second-order valence-corrected chi connectivity index (χ2v) is 9.64. The molecule has 0 saturated heterocycles. The molecule has 1 aliphatic carbocycles. The summed E-state index contributed by atoms with van der Waals surface area (Å²) in [5, 5.41) is 3.16. The molecule has 0 aromatic heterocycles. The van der Waals surface area contributed by atoms with Gasteiger partial charge in [0.1, 0.15) is 11.8 Å². The van der Waals surface area contributed by atoms with E-state index < -0.39 is 6.04 Å². The summed E-state index contributed by atoms with van der Waals surface area (Å²) >= 11 is 3.49. The van der Waals surface area contributed by atoms with E-state index in [1.165, 1.54) is 6.42 Å². The Morgan fingerprint density at radius 1 is 1.12 bits per heavy atom. The Hall–Kier alpha value is -2.34. The van der Waals surface area contributed by atoms with Crippen LogP contribution in [0.1, 0.15) is 55.7 Å². The Balaban J connectivity index is 1.72. The van der Waals surface area contributed by atoms with Gasteiger partial charge in [0, 0.05) is 17.1 Å². The summed E-state index contributed by atoms with van der Waals surface area (Å²) in [6.07, 6.45) is 5.53. The average molecular weight is 501 g/mol. The van der Waals surface area contributed by atoms with Crippen molar-refractivity contribution in [1.82, 2.24) is 10.2 Å². The van der Waals surface area contributed by atoms with Gasteiger partial charge in [-0.2, -0.15) is 0 Å². The van der Waals surface area contributed by atoms with Gasteiger partial charge in [-0.15, -0.1) is 0 Å². The van der Waals surface area contributed by atoms with Crippen LogP contribution in [0.2, 0.25) is 0 Å². The molecule has 0 aliphatic heterocycles. The van der Waals surface area contributed by atoms with E-state index in [4.69, 9.17) is 4.74 Å². The number of rotatable bonds is 8. The highest BCUT2D eigenvalue weighted by molar-refractivity contribution is 9.10. The zero-order chi connectivity index (χ0) is 23.1. The van der Waals surface area contributed by atoms with Gasteiger partial charge >= 0.3 is 0 Å². The van der Waals surface area contributed by atoms with Crippen LogP contribution in [-0.4, -0.2) is 35.4 Å². The van der Waals surface area contributed by atoms with Crippen molar-refractivity contribution < 1.29 is 14.3 Å². The average Bonchev–Trinajstić information content (AvgIpc) is 2.77. The Labute approximate surface area is 199 Å². The van der Waals surface area contributed by atoms with E-state index in [1.807, 2.05) is 56.3 Å². The molecule has 172 valence electrons. The second kappa shape index (κ2) is 11.5. The van der Waals surface area contributed by atoms with Gasteiger partial charge in [0.2, 0.25) is 5.91 Å². The van der Waals surface area contributed by atoms with Crippen LogP contribution in [-0.2, 0) is 16.1 Å². The number of carbonyl (C=O) groups is 2. The Morgan fingerprint density at radius 3 is 2.56 bits per heavy atom. The molecule has 1 saturated carbocycles. The van der Waals surface area contributed by atoms with Crippen LogP contribution in [0.5, 0.6) is 5.75 Å². The molecule has 32 heavy (non-hydrogen) atoms. The van der Waals surface area contributed by atoms with Crippen molar-refractivity contribution in [3.63, 3.8) is 0 Å². The molecule has 1 fully saturated rings. The van der Waals surface area contributed by atoms with Crippen LogP contribution in [0.4, 0.5) is 0 Å². The molecule has 0 spiro atoms. The molecule has 1 aliphatic rings. The van der Waals surface area contributed by atoms with Gasteiger partial charge in [0.25, 0.3) is 5.91 Å². The maximum atomic E-state index is 13.2. The number of amides is 2. The lowest BCUT2D eigenvalue weighted by molar-refractivity contribution is -0.142. The second-order valence-electron chi connectivity index (χ2n) is 8.73. The third-order valence-corrected chi connectivity index (χ3v) is 6.54. The van der Waals surface area contributed by atoms with E-state index in [0.29, 0.717) is 12.3 Å². The molecule has 1 unspecified atom stereocenters. The lowest BCUT2D eigenvalue weighted by atomic mass is 9.95. The number of halogens is 1. The zero-order valence-electron chi connectivity index (χ0n) is 19.2. The quantitative estimate of drug-likeness (QED) is 0.534. The van der Waals surface area contributed by atoms with Crippen molar-refractivity contribution >= 4 is 27.7 Å². The van der Waals surface area contributed by atoms with E-state index in [-0.39, 0.29) is 24.5 Å². The number of hydrogen-bond donors (Lipinski definition) is 1. The highest BCUT2D eigenvalue weighted by Crippen LogP contribution is 2.21. The Kier molecular flexibility index (Phi) is 8.74. The summed E-state index contributed by atoms with van der Waals surface area (Å²) in [5.41, 5.74) is 3.08. The minimum absolute atomic E-state index is 0.105. The summed E-state index contributed by atoms with van der Waals surface area (Å²) in [5.74, 6) is 0.369. The molecule has 1 N–H and O–H groups in total. The third-order valence-electron chi connectivity index (χ3n) is 6.04.